The quantitative estimate of drug-likeness (QED) is 0.143. The highest BCUT2D eigenvalue weighted by Gasteiger charge is 2.24. The highest BCUT2D eigenvalue weighted by atomic mass is 14.3. The van der Waals surface area contributed by atoms with Crippen LogP contribution in [-0.4, -0.2) is 0 Å². The first-order valence-electron chi connectivity index (χ1n) is 16.2. The summed E-state index contributed by atoms with van der Waals surface area (Å²) in [6, 6.07) is 60.1. The summed E-state index contributed by atoms with van der Waals surface area (Å²) in [4.78, 5) is 0. The lowest BCUT2D eigenvalue weighted by molar-refractivity contribution is 0.872. The van der Waals surface area contributed by atoms with Crippen molar-refractivity contribution in [2.75, 3.05) is 0 Å². The predicted molar refractivity (Wildman–Crippen MR) is 198 cm³/mol. The van der Waals surface area contributed by atoms with Gasteiger partial charge in [0, 0.05) is 5.92 Å². The average Bonchev–Trinajstić information content (AvgIpc) is 3.14. The fourth-order valence-electron chi connectivity index (χ4n) is 7.73. The summed E-state index contributed by atoms with van der Waals surface area (Å²) in [5, 5.41) is 10.4. The van der Waals surface area contributed by atoms with Crippen molar-refractivity contribution in [3.63, 3.8) is 0 Å². The van der Waals surface area contributed by atoms with Crippen LogP contribution in [0.5, 0.6) is 0 Å². The molecule has 0 heterocycles. The minimum absolute atomic E-state index is 0.290. The van der Waals surface area contributed by atoms with E-state index < -0.39 is 0 Å². The van der Waals surface area contributed by atoms with Crippen LogP contribution in [0.25, 0.3) is 65.4 Å². The van der Waals surface area contributed by atoms with Crippen LogP contribution in [0.2, 0.25) is 0 Å². The van der Waals surface area contributed by atoms with Crippen LogP contribution in [0, 0.1) is 0 Å². The Labute approximate surface area is 269 Å². The Morgan fingerprint density at radius 1 is 0.413 bits per heavy atom. The second-order valence-corrected chi connectivity index (χ2v) is 12.4. The van der Waals surface area contributed by atoms with Crippen molar-refractivity contribution < 1.29 is 0 Å². The molecule has 0 saturated carbocycles. The maximum Gasteiger partial charge on any atom is 0.00678 e. The van der Waals surface area contributed by atoms with Crippen LogP contribution in [0.4, 0.5) is 0 Å². The van der Waals surface area contributed by atoms with E-state index in [2.05, 4.69) is 176 Å². The summed E-state index contributed by atoms with van der Waals surface area (Å²) >= 11 is 0. The van der Waals surface area contributed by atoms with Gasteiger partial charge in [0.2, 0.25) is 0 Å². The second kappa shape index (κ2) is 11.0. The molecule has 0 heteroatoms. The minimum Gasteiger partial charge on any atom is -0.0688 e. The van der Waals surface area contributed by atoms with Gasteiger partial charge < -0.3 is 0 Å². The predicted octanol–water partition coefficient (Wildman–Crippen LogP) is 12.6. The molecule has 0 aliphatic heterocycles. The van der Waals surface area contributed by atoms with Crippen LogP contribution in [0.1, 0.15) is 29.0 Å². The molecule has 0 bridgehead atoms. The molecule has 1 atom stereocenters. The molecular formula is C46H32. The van der Waals surface area contributed by atoms with Gasteiger partial charge >= 0.3 is 0 Å². The van der Waals surface area contributed by atoms with Gasteiger partial charge in [-0.15, -0.1) is 0 Å². The molecule has 1 aliphatic carbocycles. The molecule has 0 aromatic heterocycles. The summed E-state index contributed by atoms with van der Waals surface area (Å²) in [5.41, 5.74) is 9.24. The Morgan fingerprint density at radius 3 is 1.57 bits per heavy atom. The van der Waals surface area contributed by atoms with Crippen LogP contribution in [-0.2, 0) is 0 Å². The van der Waals surface area contributed by atoms with Gasteiger partial charge in [0.15, 0.2) is 0 Å². The number of hydrogen-bond acceptors (Lipinski definition) is 0. The van der Waals surface area contributed by atoms with Gasteiger partial charge in [-0.1, -0.05) is 170 Å². The monoisotopic (exact) mass is 584 g/mol. The molecule has 216 valence electrons. The third-order valence-corrected chi connectivity index (χ3v) is 9.78. The van der Waals surface area contributed by atoms with Crippen molar-refractivity contribution >= 4 is 54.2 Å². The van der Waals surface area contributed by atoms with Crippen LogP contribution in [0.15, 0.2) is 176 Å². The third kappa shape index (κ3) is 4.37. The van der Waals surface area contributed by atoms with Crippen LogP contribution >= 0.6 is 0 Å². The maximum absolute atomic E-state index is 2.47. The van der Waals surface area contributed by atoms with E-state index >= 15 is 0 Å². The average molecular weight is 585 g/mol. The summed E-state index contributed by atoms with van der Waals surface area (Å²) < 4.78 is 0. The highest BCUT2D eigenvalue weighted by Crippen LogP contribution is 2.48. The van der Waals surface area contributed by atoms with E-state index in [1.165, 1.54) is 82.1 Å². The topological polar surface area (TPSA) is 0 Å². The SMILES string of the molecule is C1=C(c2ccccc2)C=C(c2c3ccccc3c(-c3cc4ccccc4c4ccccc34)c3ccccc23)CC1c1ccccc1. The van der Waals surface area contributed by atoms with Crippen molar-refractivity contribution in [1.29, 1.82) is 0 Å². The Balaban J connectivity index is 1.36. The lowest BCUT2D eigenvalue weighted by Gasteiger charge is -2.26. The Morgan fingerprint density at radius 2 is 0.913 bits per heavy atom. The first-order chi connectivity index (χ1) is 22.8. The minimum atomic E-state index is 0.290. The van der Waals surface area contributed by atoms with Gasteiger partial charge in [0.05, 0.1) is 0 Å². The van der Waals surface area contributed by atoms with E-state index in [-0.39, 0.29) is 5.92 Å². The van der Waals surface area contributed by atoms with Crippen molar-refractivity contribution in [3.05, 3.63) is 193 Å². The normalized spacial score (nSPS) is 14.9. The van der Waals surface area contributed by atoms with Gasteiger partial charge in [-0.2, -0.15) is 0 Å². The van der Waals surface area contributed by atoms with Crippen LogP contribution in [0.3, 0.4) is 0 Å². The molecule has 1 aliphatic rings. The number of hydrogen-bond donors (Lipinski definition) is 0. The molecule has 0 amide bonds. The molecule has 8 aromatic carbocycles. The molecule has 0 N–H and O–H groups in total. The standard InChI is InChI=1S/C46H32/c1-3-15-31(16-4-1)34-27-35(32-17-5-2-6-18-32)29-36(28-34)45-40-23-11-13-25-42(40)46(43-26-14-12-24-41(43)45)44-30-33-19-7-8-20-37(33)38-21-9-10-22-39(38)44/h1-28,30,35H,29H2. The second-order valence-electron chi connectivity index (χ2n) is 12.4. The molecule has 46 heavy (non-hydrogen) atoms. The number of rotatable bonds is 4. The lowest BCUT2D eigenvalue weighted by Crippen LogP contribution is -2.05. The molecule has 0 nitrogen and oxygen atoms in total. The summed E-state index contributed by atoms with van der Waals surface area (Å²) in [7, 11) is 0. The highest BCUT2D eigenvalue weighted by molar-refractivity contribution is 6.24. The number of allylic oxidation sites excluding steroid dienone is 4. The van der Waals surface area contributed by atoms with Crippen molar-refractivity contribution in [2.24, 2.45) is 0 Å². The maximum atomic E-state index is 2.47. The Hall–Kier alpha value is -5.72. The largest absolute Gasteiger partial charge is 0.0688 e. The molecule has 9 rings (SSSR count). The van der Waals surface area contributed by atoms with Crippen LogP contribution < -0.4 is 0 Å². The van der Waals surface area contributed by atoms with E-state index in [4.69, 9.17) is 0 Å². The smallest absolute Gasteiger partial charge is 0.00678 e. The Bertz CT molecular complexity index is 2420. The zero-order valence-electron chi connectivity index (χ0n) is 25.5. The molecule has 8 aromatic rings. The summed E-state index contributed by atoms with van der Waals surface area (Å²) in [6.45, 7) is 0. The van der Waals surface area contributed by atoms with Gasteiger partial charge in [-0.25, -0.2) is 0 Å². The van der Waals surface area contributed by atoms with E-state index in [1.54, 1.807) is 0 Å². The number of benzene rings is 8. The van der Waals surface area contributed by atoms with Gasteiger partial charge in [0.25, 0.3) is 0 Å². The van der Waals surface area contributed by atoms with Gasteiger partial charge in [-0.3, -0.25) is 0 Å². The van der Waals surface area contributed by atoms with E-state index in [9.17, 15) is 0 Å². The fourth-order valence-corrected chi connectivity index (χ4v) is 7.73. The first kappa shape index (κ1) is 26.7. The van der Waals surface area contributed by atoms with E-state index in [0.717, 1.165) is 6.42 Å². The van der Waals surface area contributed by atoms with E-state index in [1.807, 2.05) is 0 Å². The first-order valence-corrected chi connectivity index (χ1v) is 16.2. The van der Waals surface area contributed by atoms with Gasteiger partial charge in [-0.05, 0) is 94.5 Å². The van der Waals surface area contributed by atoms with Gasteiger partial charge in [0.1, 0.15) is 0 Å². The summed E-state index contributed by atoms with van der Waals surface area (Å²) in [5.74, 6) is 0.290. The van der Waals surface area contributed by atoms with Crippen molar-refractivity contribution in [2.45, 2.75) is 12.3 Å². The van der Waals surface area contributed by atoms with Crippen molar-refractivity contribution in [1.82, 2.24) is 0 Å². The fraction of sp³-hybridized carbons (Fsp3) is 0.0435. The molecule has 1 unspecified atom stereocenters. The lowest BCUT2D eigenvalue weighted by atomic mass is 9.77. The summed E-state index contributed by atoms with van der Waals surface area (Å²) in [6.07, 6.45) is 5.87. The zero-order valence-corrected chi connectivity index (χ0v) is 25.5. The van der Waals surface area contributed by atoms with Crippen molar-refractivity contribution in [3.8, 4) is 11.1 Å². The number of fused-ring (bicyclic) bond motifs is 5. The Kier molecular flexibility index (Phi) is 6.39. The molecule has 0 spiro atoms. The molecular weight excluding hydrogens is 553 g/mol. The molecule has 0 radical (unpaired) electrons. The third-order valence-electron chi connectivity index (χ3n) is 9.78. The molecule has 0 fully saturated rings. The van der Waals surface area contributed by atoms with E-state index in [0.29, 0.717) is 0 Å². The zero-order chi connectivity index (χ0) is 30.5. The molecule has 0 saturated heterocycles.